The van der Waals surface area contributed by atoms with Crippen molar-refractivity contribution in [1.82, 2.24) is 20.4 Å². The number of aryl methyl sites for hydroxylation is 1. The molecule has 0 bridgehead atoms. The first-order chi connectivity index (χ1) is 12.7. The number of rotatable bonds is 5. The van der Waals surface area contributed by atoms with E-state index in [1.807, 2.05) is 19.1 Å². The van der Waals surface area contributed by atoms with Gasteiger partial charge in [-0.25, -0.2) is 0 Å². The first-order valence-corrected chi connectivity index (χ1v) is 9.90. The van der Waals surface area contributed by atoms with E-state index in [2.05, 4.69) is 25.3 Å². The van der Waals surface area contributed by atoms with Gasteiger partial charge in [-0.3, -0.25) is 4.79 Å². The molecule has 0 aromatic carbocycles. The third-order valence-electron chi connectivity index (χ3n) is 5.88. The molecule has 7 nitrogen and oxygen atoms in total. The van der Waals surface area contributed by atoms with Crippen molar-refractivity contribution in [1.29, 1.82) is 0 Å². The second kappa shape index (κ2) is 7.88. The minimum atomic E-state index is -0.298. The molecule has 0 radical (unpaired) electrons. The van der Waals surface area contributed by atoms with Crippen LogP contribution < -0.4 is 10.2 Å². The highest BCUT2D eigenvalue weighted by atomic mass is 16.5. The monoisotopic (exact) mass is 359 g/mol. The second-order valence-electron chi connectivity index (χ2n) is 7.77. The minimum Gasteiger partial charge on any atom is -0.363 e. The molecule has 1 aromatic rings. The predicted octanol–water partition coefficient (Wildman–Crippen LogP) is 0.981. The van der Waals surface area contributed by atoms with Gasteiger partial charge in [0, 0.05) is 26.2 Å². The quantitative estimate of drug-likeness (QED) is 0.845. The van der Waals surface area contributed by atoms with Crippen molar-refractivity contribution in [3.05, 3.63) is 17.8 Å². The summed E-state index contributed by atoms with van der Waals surface area (Å²) in [5, 5.41) is 11.5. The van der Waals surface area contributed by atoms with Crippen LogP contribution in [0.1, 0.15) is 31.4 Å². The van der Waals surface area contributed by atoms with Gasteiger partial charge in [-0.15, -0.1) is 5.10 Å². The number of amides is 1. The summed E-state index contributed by atoms with van der Waals surface area (Å²) in [5.74, 6) is 1.43. The van der Waals surface area contributed by atoms with Crippen LogP contribution in [0.25, 0.3) is 0 Å². The van der Waals surface area contributed by atoms with Gasteiger partial charge in [0.15, 0.2) is 5.82 Å². The highest BCUT2D eigenvalue weighted by Crippen LogP contribution is 2.34. The second-order valence-corrected chi connectivity index (χ2v) is 7.77. The predicted molar refractivity (Wildman–Crippen MR) is 99.1 cm³/mol. The lowest BCUT2D eigenvalue weighted by molar-refractivity contribution is -0.132. The van der Waals surface area contributed by atoms with Crippen LogP contribution in [0, 0.1) is 12.8 Å². The summed E-state index contributed by atoms with van der Waals surface area (Å²) in [7, 11) is 0. The number of piperidine rings is 1. The molecule has 1 N–H and O–H groups in total. The van der Waals surface area contributed by atoms with Gasteiger partial charge in [-0.1, -0.05) is 0 Å². The summed E-state index contributed by atoms with van der Waals surface area (Å²) in [6.07, 6.45) is 4.26. The molecule has 3 saturated heterocycles. The van der Waals surface area contributed by atoms with Crippen molar-refractivity contribution in [2.24, 2.45) is 5.92 Å². The molecular weight excluding hydrogens is 330 g/mol. The molecule has 142 valence electrons. The Morgan fingerprint density at radius 2 is 2.12 bits per heavy atom. The molecule has 1 amide bonds. The van der Waals surface area contributed by atoms with Crippen molar-refractivity contribution in [2.75, 3.05) is 44.2 Å². The SMILES string of the molecule is Cc1ccc(N2CC[C@H]3C[C@@H](C(=O)NCCN4CCCC4)O[C@@H]3C2)nn1. The van der Waals surface area contributed by atoms with Crippen LogP contribution in [0.15, 0.2) is 12.1 Å². The lowest BCUT2D eigenvalue weighted by atomic mass is 9.91. The van der Waals surface area contributed by atoms with Gasteiger partial charge in [0.1, 0.15) is 6.10 Å². The summed E-state index contributed by atoms with van der Waals surface area (Å²) in [5.41, 5.74) is 0.923. The lowest BCUT2D eigenvalue weighted by Crippen LogP contribution is -2.43. The summed E-state index contributed by atoms with van der Waals surface area (Å²) >= 11 is 0. The number of aromatic nitrogens is 2. The number of likely N-dealkylation sites (tertiary alicyclic amines) is 1. The molecule has 3 fully saturated rings. The number of nitrogens with zero attached hydrogens (tertiary/aromatic N) is 4. The maximum absolute atomic E-state index is 12.5. The zero-order chi connectivity index (χ0) is 17.9. The molecule has 4 heterocycles. The van der Waals surface area contributed by atoms with Crippen LogP contribution in [0.2, 0.25) is 0 Å². The van der Waals surface area contributed by atoms with Crippen LogP contribution in [-0.4, -0.2) is 72.5 Å². The van der Waals surface area contributed by atoms with Gasteiger partial charge in [0.2, 0.25) is 5.91 Å². The normalized spacial score (nSPS) is 29.0. The van der Waals surface area contributed by atoms with Crippen molar-refractivity contribution < 1.29 is 9.53 Å². The molecule has 3 atom stereocenters. The Balaban J connectivity index is 1.26. The maximum Gasteiger partial charge on any atom is 0.249 e. The van der Waals surface area contributed by atoms with Crippen LogP contribution in [0.4, 0.5) is 5.82 Å². The zero-order valence-corrected chi connectivity index (χ0v) is 15.6. The van der Waals surface area contributed by atoms with Crippen molar-refractivity contribution in [2.45, 2.75) is 44.8 Å². The van der Waals surface area contributed by atoms with Gasteiger partial charge < -0.3 is 19.9 Å². The first-order valence-electron chi connectivity index (χ1n) is 9.90. The molecule has 0 spiro atoms. The number of hydrogen-bond donors (Lipinski definition) is 1. The average molecular weight is 359 g/mol. The Morgan fingerprint density at radius 1 is 1.27 bits per heavy atom. The fraction of sp³-hybridized carbons (Fsp3) is 0.737. The lowest BCUT2D eigenvalue weighted by Gasteiger charge is -2.34. The Morgan fingerprint density at radius 3 is 2.88 bits per heavy atom. The van der Waals surface area contributed by atoms with Crippen LogP contribution in [0.3, 0.4) is 0 Å². The first kappa shape index (κ1) is 17.7. The van der Waals surface area contributed by atoms with Crippen molar-refractivity contribution in [3.63, 3.8) is 0 Å². The molecular formula is C19H29N5O2. The van der Waals surface area contributed by atoms with E-state index in [1.165, 1.54) is 12.8 Å². The number of ether oxygens (including phenoxy) is 1. The third-order valence-corrected chi connectivity index (χ3v) is 5.88. The molecule has 4 rings (SSSR count). The molecule has 0 unspecified atom stereocenters. The average Bonchev–Trinajstić information content (AvgIpc) is 3.31. The van der Waals surface area contributed by atoms with Gasteiger partial charge >= 0.3 is 0 Å². The van der Waals surface area contributed by atoms with E-state index in [1.54, 1.807) is 0 Å². The van der Waals surface area contributed by atoms with E-state index < -0.39 is 0 Å². The molecule has 0 aliphatic carbocycles. The topological polar surface area (TPSA) is 70.6 Å². The van der Waals surface area contributed by atoms with Crippen molar-refractivity contribution in [3.8, 4) is 0 Å². The number of nitrogens with one attached hydrogen (secondary N) is 1. The Bertz CT molecular complexity index is 617. The smallest absolute Gasteiger partial charge is 0.249 e. The number of hydrogen-bond acceptors (Lipinski definition) is 6. The van der Waals surface area contributed by atoms with E-state index in [0.717, 1.165) is 63.6 Å². The van der Waals surface area contributed by atoms with E-state index >= 15 is 0 Å². The van der Waals surface area contributed by atoms with Gasteiger partial charge in [-0.05, 0) is 63.7 Å². The number of carbonyl (C=O) groups excluding carboxylic acids is 1. The van der Waals surface area contributed by atoms with Gasteiger partial charge in [-0.2, -0.15) is 5.10 Å². The molecule has 0 saturated carbocycles. The molecule has 26 heavy (non-hydrogen) atoms. The standard InChI is InChI=1S/C19H29N5O2/c1-14-4-5-18(22-21-14)24-10-6-15-12-16(26-17(15)13-24)19(25)20-7-11-23-8-2-3-9-23/h4-5,15-17H,2-3,6-13H2,1H3,(H,20,25)/t15-,16-,17+/m0/s1. The fourth-order valence-electron chi connectivity index (χ4n) is 4.33. The molecule has 7 heteroatoms. The summed E-state index contributed by atoms with van der Waals surface area (Å²) in [6.45, 7) is 7.68. The van der Waals surface area contributed by atoms with Crippen LogP contribution in [0.5, 0.6) is 0 Å². The summed E-state index contributed by atoms with van der Waals surface area (Å²) in [6, 6.07) is 4.00. The number of fused-ring (bicyclic) bond motifs is 1. The molecule has 1 aromatic heterocycles. The summed E-state index contributed by atoms with van der Waals surface area (Å²) < 4.78 is 6.11. The van der Waals surface area contributed by atoms with Crippen LogP contribution in [-0.2, 0) is 9.53 Å². The maximum atomic E-state index is 12.5. The van der Waals surface area contributed by atoms with Gasteiger partial charge in [0.05, 0.1) is 11.8 Å². The highest BCUT2D eigenvalue weighted by Gasteiger charge is 2.42. The molecule has 3 aliphatic rings. The Hall–Kier alpha value is -1.73. The largest absolute Gasteiger partial charge is 0.363 e. The van der Waals surface area contributed by atoms with Crippen molar-refractivity contribution >= 4 is 11.7 Å². The Kier molecular flexibility index (Phi) is 5.36. The minimum absolute atomic E-state index is 0.0558. The van der Waals surface area contributed by atoms with E-state index in [-0.39, 0.29) is 18.1 Å². The van der Waals surface area contributed by atoms with Crippen LogP contribution >= 0.6 is 0 Å². The van der Waals surface area contributed by atoms with E-state index in [0.29, 0.717) is 5.92 Å². The van der Waals surface area contributed by atoms with Gasteiger partial charge in [0.25, 0.3) is 0 Å². The number of carbonyl (C=O) groups is 1. The Labute approximate surface area is 155 Å². The van der Waals surface area contributed by atoms with E-state index in [9.17, 15) is 4.79 Å². The zero-order valence-electron chi connectivity index (χ0n) is 15.6. The fourth-order valence-corrected chi connectivity index (χ4v) is 4.33. The number of anilines is 1. The summed E-state index contributed by atoms with van der Waals surface area (Å²) in [4.78, 5) is 17.1. The van der Waals surface area contributed by atoms with E-state index in [4.69, 9.17) is 4.74 Å². The third kappa shape index (κ3) is 3.99. The molecule has 3 aliphatic heterocycles. The highest BCUT2D eigenvalue weighted by molar-refractivity contribution is 5.81.